The molecule has 0 aliphatic heterocycles. The summed E-state index contributed by atoms with van der Waals surface area (Å²) < 4.78 is 0. The van der Waals surface area contributed by atoms with Crippen LogP contribution in [-0.2, 0) is 0 Å². The highest BCUT2D eigenvalue weighted by molar-refractivity contribution is 5.60. The zero-order valence-corrected chi connectivity index (χ0v) is 7.83. The summed E-state index contributed by atoms with van der Waals surface area (Å²) in [6, 6.07) is 3.83. The van der Waals surface area contributed by atoms with Crippen molar-refractivity contribution in [2.45, 2.75) is 6.92 Å². The zero-order valence-electron chi connectivity index (χ0n) is 7.83. The van der Waals surface area contributed by atoms with Crippen LogP contribution in [0.25, 0.3) is 6.08 Å². The fraction of sp³-hybridized carbons (Fsp3) is 0.300. The smallest absolute Gasteiger partial charge is 0.130 e. The summed E-state index contributed by atoms with van der Waals surface area (Å²) in [6.45, 7) is 3.92. The third-order valence-corrected chi connectivity index (χ3v) is 1.68. The number of pyridine rings is 1. The Bertz CT molecular complexity index is 281. The van der Waals surface area contributed by atoms with Gasteiger partial charge in [0.2, 0.25) is 0 Å². The van der Waals surface area contributed by atoms with E-state index in [1.807, 2.05) is 24.3 Å². The lowest BCUT2D eigenvalue weighted by atomic mass is 10.2. The Morgan fingerprint density at radius 1 is 1.62 bits per heavy atom. The molecule has 0 unspecified atom stereocenters. The van der Waals surface area contributed by atoms with Gasteiger partial charge in [0, 0.05) is 18.3 Å². The van der Waals surface area contributed by atoms with Crippen LogP contribution in [0.1, 0.15) is 12.5 Å². The molecule has 0 saturated carbocycles. The molecule has 0 spiro atoms. The number of anilines is 1. The summed E-state index contributed by atoms with van der Waals surface area (Å²) in [6.07, 6.45) is 5.71. The summed E-state index contributed by atoms with van der Waals surface area (Å²) >= 11 is 0. The van der Waals surface area contributed by atoms with Gasteiger partial charge in [-0.3, -0.25) is 0 Å². The highest BCUT2D eigenvalue weighted by Gasteiger charge is 1.91. The molecule has 0 atom stereocenters. The number of nitrogen functional groups attached to an aromatic ring is 1. The van der Waals surface area contributed by atoms with E-state index in [0.717, 1.165) is 18.7 Å². The van der Waals surface area contributed by atoms with Crippen LogP contribution in [0, 0.1) is 0 Å². The summed E-state index contributed by atoms with van der Waals surface area (Å²) in [7, 11) is 0. The lowest BCUT2D eigenvalue weighted by molar-refractivity contribution is 0.801. The summed E-state index contributed by atoms with van der Waals surface area (Å²) in [5.74, 6) is 0.579. The van der Waals surface area contributed by atoms with E-state index in [1.54, 1.807) is 6.20 Å². The third-order valence-electron chi connectivity index (χ3n) is 1.68. The zero-order chi connectivity index (χ0) is 9.52. The molecule has 13 heavy (non-hydrogen) atoms. The molecule has 1 heterocycles. The van der Waals surface area contributed by atoms with Crippen molar-refractivity contribution in [1.29, 1.82) is 0 Å². The molecule has 1 aromatic heterocycles. The van der Waals surface area contributed by atoms with Crippen molar-refractivity contribution in [1.82, 2.24) is 10.3 Å². The van der Waals surface area contributed by atoms with Crippen molar-refractivity contribution in [2.75, 3.05) is 18.8 Å². The number of aromatic nitrogens is 1. The number of hydrogen-bond donors (Lipinski definition) is 2. The van der Waals surface area contributed by atoms with Gasteiger partial charge in [0.25, 0.3) is 0 Å². The predicted octanol–water partition coefficient (Wildman–Crippen LogP) is 1.29. The number of hydrogen-bond acceptors (Lipinski definition) is 3. The minimum Gasteiger partial charge on any atom is -0.383 e. The standard InChI is InChI=1S/C10H15N3/c1-2-12-7-3-5-9-6-4-8-13-10(9)11/h3-6,8,12H,2,7H2,1H3,(H2,11,13)/b5-3+. The van der Waals surface area contributed by atoms with Gasteiger partial charge < -0.3 is 11.1 Å². The second-order valence-electron chi connectivity index (χ2n) is 2.69. The molecule has 0 aliphatic rings. The second-order valence-corrected chi connectivity index (χ2v) is 2.69. The lowest BCUT2D eigenvalue weighted by Gasteiger charge is -1.97. The molecular weight excluding hydrogens is 162 g/mol. The number of nitrogens with one attached hydrogen (secondary N) is 1. The molecule has 0 aliphatic carbocycles. The fourth-order valence-electron chi connectivity index (χ4n) is 0.984. The molecule has 0 aromatic carbocycles. The van der Waals surface area contributed by atoms with E-state index >= 15 is 0 Å². The Labute approximate surface area is 78.7 Å². The van der Waals surface area contributed by atoms with Crippen molar-refractivity contribution >= 4 is 11.9 Å². The Balaban J connectivity index is 2.53. The van der Waals surface area contributed by atoms with Crippen LogP contribution in [0.5, 0.6) is 0 Å². The Kier molecular flexibility index (Phi) is 3.99. The van der Waals surface area contributed by atoms with Crippen LogP contribution < -0.4 is 11.1 Å². The van der Waals surface area contributed by atoms with E-state index in [0.29, 0.717) is 5.82 Å². The molecule has 0 radical (unpaired) electrons. The van der Waals surface area contributed by atoms with Crippen molar-refractivity contribution in [2.24, 2.45) is 0 Å². The van der Waals surface area contributed by atoms with Gasteiger partial charge in [-0.25, -0.2) is 4.98 Å². The van der Waals surface area contributed by atoms with Gasteiger partial charge in [0.15, 0.2) is 0 Å². The van der Waals surface area contributed by atoms with Gasteiger partial charge in [-0.2, -0.15) is 0 Å². The number of nitrogens with two attached hydrogens (primary N) is 1. The second kappa shape index (κ2) is 5.32. The van der Waals surface area contributed by atoms with Gasteiger partial charge in [-0.1, -0.05) is 19.1 Å². The highest BCUT2D eigenvalue weighted by Crippen LogP contribution is 2.07. The highest BCUT2D eigenvalue weighted by atomic mass is 14.8. The molecule has 3 N–H and O–H groups in total. The maximum absolute atomic E-state index is 5.65. The molecule has 0 saturated heterocycles. The average Bonchev–Trinajstić information content (AvgIpc) is 2.15. The van der Waals surface area contributed by atoms with Gasteiger partial charge in [0.05, 0.1) is 0 Å². The fourth-order valence-corrected chi connectivity index (χ4v) is 0.984. The van der Waals surface area contributed by atoms with Gasteiger partial charge in [-0.05, 0) is 18.7 Å². The first-order valence-corrected chi connectivity index (χ1v) is 4.42. The van der Waals surface area contributed by atoms with Crippen LogP contribution in [0.3, 0.4) is 0 Å². The Morgan fingerprint density at radius 2 is 2.46 bits per heavy atom. The van der Waals surface area contributed by atoms with Crippen LogP contribution in [0.4, 0.5) is 5.82 Å². The molecule has 0 bridgehead atoms. The average molecular weight is 177 g/mol. The number of nitrogens with zero attached hydrogens (tertiary/aromatic N) is 1. The largest absolute Gasteiger partial charge is 0.383 e. The van der Waals surface area contributed by atoms with E-state index in [-0.39, 0.29) is 0 Å². The molecule has 1 aromatic rings. The van der Waals surface area contributed by atoms with Crippen molar-refractivity contribution in [3.05, 3.63) is 30.0 Å². The first-order valence-electron chi connectivity index (χ1n) is 4.42. The van der Waals surface area contributed by atoms with Crippen molar-refractivity contribution in [3.8, 4) is 0 Å². The summed E-state index contributed by atoms with van der Waals surface area (Å²) in [5, 5.41) is 3.19. The lowest BCUT2D eigenvalue weighted by Crippen LogP contribution is -2.11. The van der Waals surface area contributed by atoms with Crippen LogP contribution >= 0.6 is 0 Å². The van der Waals surface area contributed by atoms with E-state index in [9.17, 15) is 0 Å². The molecule has 3 heteroatoms. The van der Waals surface area contributed by atoms with Crippen molar-refractivity contribution < 1.29 is 0 Å². The summed E-state index contributed by atoms with van der Waals surface area (Å²) in [4.78, 5) is 3.98. The predicted molar refractivity (Wildman–Crippen MR) is 56.2 cm³/mol. The Morgan fingerprint density at radius 3 is 3.15 bits per heavy atom. The number of rotatable bonds is 4. The minimum absolute atomic E-state index is 0.579. The maximum atomic E-state index is 5.65. The van der Waals surface area contributed by atoms with Gasteiger partial charge >= 0.3 is 0 Å². The molecular formula is C10H15N3. The first kappa shape index (κ1) is 9.74. The first-order chi connectivity index (χ1) is 6.34. The number of likely N-dealkylation sites (N-methyl/N-ethyl adjacent to an activating group) is 1. The topological polar surface area (TPSA) is 50.9 Å². The Hall–Kier alpha value is -1.35. The quantitative estimate of drug-likeness (QED) is 0.681. The van der Waals surface area contributed by atoms with E-state index in [1.165, 1.54) is 0 Å². The van der Waals surface area contributed by atoms with E-state index < -0.39 is 0 Å². The van der Waals surface area contributed by atoms with Gasteiger partial charge in [0.1, 0.15) is 5.82 Å². The molecule has 0 fully saturated rings. The van der Waals surface area contributed by atoms with E-state index in [2.05, 4.69) is 17.2 Å². The molecule has 3 nitrogen and oxygen atoms in total. The maximum Gasteiger partial charge on any atom is 0.130 e. The van der Waals surface area contributed by atoms with E-state index in [4.69, 9.17) is 5.73 Å². The molecule has 1 rings (SSSR count). The monoisotopic (exact) mass is 177 g/mol. The van der Waals surface area contributed by atoms with Gasteiger partial charge in [-0.15, -0.1) is 0 Å². The van der Waals surface area contributed by atoms with Crippen molar-refractivity contribution in [3.63, 3.8) is 0 Å². The summed E-state index contributed by atoms with van der Waals surface area (Å²) in [5.41, 5.74) is 6.63. The molecule has 70 valence electrons. The van der Waals surface area contributed by atoms with Crippen LogP contribution in [0.15, 0.2) is 24.4 Å². The normalized spacial score (nSPS) is 10.8. The van der Waals surface area contributed by atoms with Crippen LogP contribution in [-0.4, -0.2) is 18.1 Å². The minimum atomic E-state index is 0.579. The SMILES string of the molecule is CCNC/C=C/c1cccnc1N. The molecule has 0 amide bonds. The third kappa shape index (κ3) is 3.25. The van der Waals surface area contributed by atoms with Crippen LogP contribution in [0.2, 0.25) is 0 Å².